The minimum Gasteiger partial charge on any atom is -0.748 e. The molecule has 3 aromatic rings. The van der Waals surface area contributed by atoms with Crippen molar-refractivity contribution in [2.24, 2.45) is 7.05 Å². The molecule has 2 heterocycles. The molecule has 0 fully saturated rings. The SMILES string of the molecule is C[n+]1c(/C=C2\Sc3ccc(Br)cc3N2CCCS(=O)(=O)[O-])sc2ccc(Br)cc21.[Na+]. The second kappa shape index (κ2) is 9.93. The van der Waals surface area contributed by atoms with Gasteiger partial charge in [-0.1, -0.05) is 55.0 Å². The van der Waals surface area contributed by atoms with Crippen LogP contribution in [-0.2, 0) is 17.2 Å². The third kappa shape index (κ3) is 5.52. The topological polar surface area (TPSA) is 64.3 Å². The van der Waals surface area contributed by atoms with Gasteiger partial charge in [-0.25, -0.2) is 8.42 Å². The van der Waals surface area contributed by atoms with Crippen LogP contribution >= 0.6 is 55.0 Å². The van der Waals surface area contributed by atoms with Crippen molar-refractivity contribution in [1.82, 2.24) is 0 Å². The van der Waals surface area contributed by atoms with Crippen molar-refractivity contribution in [2.75, 3.05) is 17.2 Å². The predicted molar refractivity (Wildman–Crippen MR) is 125 cm³/mol. The van der Waals surface area contributed by atoms with Crippen LogP contribution < -0.4 is 39.0 Å². The summed E-state index contributed by atoms with van der Waals surface area (Å²) in [6, 6.07) is 12.3. The van der Waals surface area contributed by atoms with E-state index in [2.05, 4.69) is 59.5 Å². The molecule has 2 aromatic carbocycles. The normalized spacial score (nSPS) is 14.9. The molecule has 0 N–H and O–H groups in total. The molecule has 0 unspecified atom stereocenters. The van der Waals surface area contributed by atoms with Gasteiger partial charge in [0.15, 0.2) is 0 Å². The summed E-state index contributed by atoms with van der Waals surface area (Å²) in [5, 5.41) is 2.11. The quantitative estimate of drug-likeness (QED) is 0.256. The number of hydrogen-bond donors (Lipinski definition) is 0. The molecule has 30 heavy (non-hydrogen) atoms. The standard InChI is InChI=1S/C19H16Br2N2O3S3.Na/c1-22-14-9-12(20)3-5-16(14)27-18(22)11-19-23(7-2-8-29(24,25)26)15-10-13(21)4-6-17(15)28-19;/h3-6,9-11H,2,7-8H2,1H3;/q;+1. The summed E-state index contributed by atoms with van der Waals surface area (Å²) in [4.78, 5) is 3.20. The Morgan fingerprint density at radius 3 is 2.60 bits per heavy atom. The zero-order valence-electron chi connectivity index (χ0n) is 16.3. The molecule has 1 aromatic heterocycles. The van der Waals surface area contributed by atoms with Gasteiger partial charge in [-0.2, -0.15) is 4.57 Å². The first-order valence-electron chi connectivity index (χ1n) is 8.69. The number of aryl methyl sites for hydroxylation is 1. The number of hydrogen-bond acceptors (Lipinski definition) is 6. The molecule has 152 valence electrons. The molecule has 0 radical (unpaired) electrons. The average molecular weight is 599 g/mol. The van der Waals surface area contributed by atoms with Crippen LogP contribution in [0.5, 0.6) is 0 Å². The van der Waals surface area contributed by atoms with Crippen molar-refractivity contribution >= 4 is 87.1 Å². The van der Waals surface area contributed by atoms with Gasteiger partial charge >= 0.3 is 29.6 Å². The van der Waals surface area contributed by atoms with Crippen molar-refractivity contribution in [2.45, 2.75) is 11.3 Å². The van der Waals surface area contributed by atoms with E-state index in [1.54, 1.807) is 23.1 Å². The number of thioether (sulfide) groups is 1. The third-order valence-corrected chi connectivity index (χ3v) is 8.60. The maximum Gasteiger partial charge on any atom is 1.00 e. The number of anilines is 1. The third-order valence-electron chi connectivity index (χ3n) is 4.54. The molecule has 11 heteroatoms. The van der Waals surface area contributed by atoms with E-state index in [0.29, 0.717) is 6.54 Å². The smallest absolute Gasteiger partial charge is 0.748 e. The molecule has 0 saturated heterocycles. The van der Waals surface area contributed by atoms with Crippen LogP contribution in [0.3, 0.4) is 0 Å². The van der Waals surface area contributed by atoms with E-state index in [0.717, 1.165) is 35.1 Å². The van der Waals surface area contributed by atoms with Crippen LogP contribution in [0.25, 0.3) is 16.3 Å². The van der Waals surface area contributed by atoms with Crippen molar-refractivity contribution < 1.29 is 47.1 Å². The molecule has 5 nitrogen and oxygen atoms in total. The second-order valence-corrected chi connectivity index (χ2v) is 12.1. The summed E-state index contributed by atoms with van der Waals surface area (Å²) >= 11 is 10.4. The van der Waals surface area contributed by atoms with E-state index in [4.69, 9.17) is 0 Å². The Bertz CT molecular complexity index is 1250. The first-order chi connectivity index (χ1) is 13.7. The maximum absolute atomic E-state index is 11.0. The molecule has 0 bridgehead atoms. The van der Waals surface area contributed by atoms with Gasteiger partial charge in [-0.3, -0.25) is 0 Å². The summed E-state index contributed by atoms with van der Waals surface area (Å²) in [6.07, 6.45) is 2.41. The van der Waals surface area contributed by atoms with Gasteiger partial charge in [0.1, 0.15) is 11.7 Å². The number of aromatic nitrogens is 1. The van der Waals surface area contributed by atoms with Crippen molar-refractivity contribution in [3.63, 3.8) is 0 Å². The van der Waals surface area contributed by atoms with Gasteiger partial charge in [-0.15, -0.1) is 0 Å². The first kappa shape index (κ1) is 24.7. The molecular formula is C19H16Br2N2NaO3S3+. The Morgan fingerprint density at radius 1 is 1.17 bits per heavy atom. The fourth-order valence-corrected chi connectivity index (χ4v) is 6.61. The molecular weight excluding hydrogens is 583 g/mol. The van der Waals surface area contributed by atoms with Crippen LogP contribution in [-0.4, -0.2) is 25.3 Å². The number of thiazole rings is 1. The summed E-state index contributed by atoms with van der Waals surface area (Å²) in [7, 11) is -2.19. The average Bonchev–Trinajstić information content (AvgIpc) is 3.12. The minimum atomic E-state index is -4.22. The Balaban J connectivity index is 0.00000256. The monoisotopic (exact) mass is 597 g/mol. The zero-order chi connectivity index (χ0) is 20.8. The van der Waals surface area contributed by atoms with Gasteiger partial charge < -0.3 is 9.45 Å². The van der Waals surface area contributed by atoms with E-state index in [-0.39, 0.29) is 41.7 Å². The van der Waals surface area contributed by atoms with Crippen molar-refractivity contribution in [1.29, 1.82) is 0 Å². The zero-order valence-corrected chi connectivity index (χ0v) is 23.9. The van der Waals surface area contributed by atoms with E-state index >= 15 is 0 Å². The fraction of sp³-hybridized carbons (Fsp3) is 0.211. The number of rotatable bonds is 5. The first-order valence-corrected chi connectivity index (χ1v) is 13.5. The Kier molecular flexibility index (Phi) is 8.18. The number of nitrogens with zero attached hydrogens (tertiary/aromatic N) is 2. The van der Waals surface area contributed by atoms with Gasteiger partial charge in [0, 0.05) is 32.2 Å². The minimum absolute atomic E-state index is 0. The summed E-state index contributed by atoms with van der Waals surface area (Å²) in [6.45, 7) is 0.462. The molecule has 1 aliphatic rings. The summed E-state index contributed by atoms with van der Waals surface area (Å²) in [5.41, 5.74) is 2.16. The molecule has 0 saturated carbocycles. The molecule has 0 atom stereocenters. The van der Waals surface area contributed by atoms with Crippen molar-refractivity contribution in [3.05, 3.63) is 55.4 Å². The Hall–Kier alpha value is 0.0900. The Labute approximate surface area is 222 Å². The van der Waals surface area contributed by atoms with E-state index < -0.39 is 10.1 Å². The van der Waals surface area contributed by atoms with Crippen molar-refractivity contribution in [3.8, 4) is 0 Å². The van der Waals surface area contributed by atoms with Gasteiger partial charge in [-0.05, 0) is 36.8 Å². The Morgan fingerprint density at radius 2 is 1.87 bits per heavy atom. The molecule has 1 aliphatic heterocycles. The van der Waals surface area contributed by atoms with Crippen LogP contribution in [0.15, 0.2) is 55.3 Å². The van der Waals surface area contributed by atoms with Gasteiger partial charge in [0.2, 0.25) is 5.52 Å². The molecule has 0 aliphatic carbocycles. The van der Waals surface area contributed by atoms with E-state index in [1.807, 2.05) is 31.3 Å². The summed E-state index contributed by atoms with van der Waals surface area (Å²) < 4.78 is 38.5. The van der Waals surface area contributed by atoms with Crippen LogP contribution in [0, 0.1) is 0 Å². The fourth-order valence-electron chi connectivity index (χ4n) is 3.18. The number of benzene rings is 2. The number of halogens is 2. The molecule has 4 rings (SSSR count). The van der Waals surface area contributed by atoms with Gasteiger partial charge in [0.25, 0.3) is 5.01 Å². The largest absolute Gasteiger partial charge is 1.00 e. The molecule has 0 amide bonds. The van der Waals surface area contributed by atoms with E-state index in [9.17, 15) is 13.0 Å². The van der Waals surface area contributed by atoms with E-state index in [1.165, 1.54) is 4.70 Å². The van der Waals surface area contributed by atoms with Crippen LogP contribution in [0.1, 0.15) is 11.4 Å². The molecule has 0 spiro atoms. The predicted octanol–water partition coefficient (Wildman–Crippen LogP) is 2.10. The van der Waals surface area contributed by atoms with Crippen LogP contribution in [0.2, 0.25) is 0 Å². The van der Waals surface area contributed by atoms with Gasteiger partial charge in [0.05, 0.1) is 26.9 Å². The summed E-state index contributed by atoms with van der Waals surface area (Å²) in [5.74, 6) is -0.366. The van der Waals surface area contributed by atoms with Crippen LogP contribution in [0.4, 0.5) is 5.69 Å². The maximum atomic E-state index is 11.0. The second-order valence-electron chi connectivity index (χ2n) is 6.58. The number of fused-ring (bicyclic) bond motifs is 2.